The molecule has 7 heteroatoms. The van der Waals surface area contributed by atoms with E-state index in [0.29, 0.717) is 32.1 Å². The third-order valence-corrected chi connectivity index (χ3v) is 4.17. The smallest absolute Gasteiger partial charge is 0.287 e. The molecule has 0 fully saturated rings. The summed E-state index contributed by atoms with van der Waals surface area (Å²) in [6.45, 7) is 5.97. The lowest BCUT2D eigenvalue weighted by molar-refractivity contribution is 0.0752. The van der Waals surface area contributed by atoms with Crippen LogP contribution in [0.3, 0.4) is 0 Å². The maximum atomic E-state index is 12.6. The molecule has 0 rings (SSSR count). The molecule has 21 heavy (non-hydrogen) atoms. The van der Waals surface area contributed by atoms with Crippen molar-refractivity contribution >= 4 is 7.82 Å². The molecule has 0 saturated carbocycles. The normalized spacial score (nSPS) is 16.4. The van der Waals surface area contributed by atoms with Gasteiger partial charge in [-0.2, -0.15) is 10.5 Å². The summed E-state index contributed by atoms with van der Waals surface area (Å²) in [6, 6.07) is 3.87. The number of nitriles is 2. The summed E-state index contributed by atoms with van der Waals surface area (Å²) in [5.74, 6) is 0. The minimum atomic E-state index is -3.90. The van der Waals surface area contributed by atoms with Crippen LogP contribution in [-0.2, 0) is 18.1 Å². The number of nitrogens with zero attached hydrogens (tertiary/aromatic N) is 2. The van der Waals surface area contributed by atoms with Crippen LogP contribution in [0.4, 0.5) is 0 Å². The average molecular weight is 316 g/mol. The van der Waals surface area contributed by atoms with Gasteiger partial charge in [-0.25, -0.2) is 4.57 Å². The van der Waals surface area contributed by atoms with Crippen molar-refractivity contribution in [3.8, 4) is 12.1 Å². The van der Waals surface area contributed by atoms with Crippen LogP contribution in [-0.4, -0.2) is 18.8 Å². The molecule has 2 atom stereocenters. The fraction of sp³-hybridized carbons (Fsp3) is 0.857. The van der Waals surface area contributed by atoms with Crippen LogP contribution in [0.5, 0.6) is 0 Å². The van der Waals surface area contributed by atoms with Crippen molar-refractivity contribution in [2.24, 2.45) is 0 Å². The minimum absolute atomic E-state index is 0.211. The second-order valence-electron chi connectivity index (χ2n) is 4.66. The monoisotopic (exact) mass is 316 g/mol. The lowest BCUT2D eigenvalue weighted by atomic mass is 10.2. The number of phosphoric acid groups is 1. The van der Waals surface area contributed by atoms with Gasteiger partial charge in [0.2, 0.25) is 0 Å². The molecule has 0 aliphatic carbocycles. The minimum Gasteiger partial charge on any atom is -0.287 e. The number of phosphoric ester groups is 1. The highest BCUT2D eigenvalue weighted by molar-refractivity contribution is 7.48. The third-order valence-electron chi connectivity index (χ3n) is 2.65. The van der Waals surface area contributed by atoms with Gasteiger partial charge in [0, 0.05) is 0 Å². The van der Waals surface area contributed by atoms with Gasteiger partial charge in [-0.3, -0.25) is 13.6 Å². The highest BCUT2D eigenvalue weighted by Gasteiger charge is 2.34. The van der Waals surface area contributed by atoms with Gasteiger partial charge in [-0.05, 0) is 19.3 Å². The van der Waals surface area contributed by atoms with E-state index in [2.05, 4.69) is 0 Å². The first-order valence-electron chi connectivity index (χ1n) is 7.45. The van der Waals surface area contributed by atoms with Crippen LogP contribution in [0, 0.1) is 22.7 Å². The van der Waals surface area contributed by atoms with Gasteiger partial charge < -0.3 is 0 Å². The Labute approximate surface area is 127 Å². The Morgan fingerprint density at radius 3 is 1.76 bits per heavy atom. The molecule has 0 aliphatic heterocycles. The molecular formula is C14H25N2O4P. The summed E-state index contributed by atoms with van der Waals surface area (Å²) in [5.41, 5.74) is 0. The standard InChI is InChI=1S/C14H25N2O4P/c1-4-7-10-18-21(17,19-13(11-15)8-5-2)20-14(12-16)9-6-3/h13-14H,4-10H2,1-3H3. The molecule has 0 aromatic rings. The van der Waals surface area contributed by atoms with Crippen LogP contribution in [0.1, 0.15) is 59.3 Å². The number of hydrogen-bond acceptors (Lipinski definition) is 6. The summed E-state index contributed by atoms with van der Waals surface area (Å²) in [6.07, 6.45) is 2.15. The lowest BCUT2D eigenvalue weighted by Gasteiger charge is -2.22. The summed E-state index contributed by atoms with van der Waals surface area (Å²) < 4.78 is 28.3. The molecule has 0 saturated heterocycles. The summed E-state index contributed by atoms with van der Waals surface area (Å²) in [4.78, 5) is 0. The fourth-order valence-corrected chi connectivity index (χ4v) is 2.98. The van der Waals surface area contributed by atoms with E-state index in [1.165, 1.54) is 0 Å². The average Bonchev–Trinajstić information content (AvgIpc) is 2.46. The zero-order valence-electron chi connectivity index (χ0n) is 13.1. The predicted octanol–water partition coefficient (Wildman–Crippen LogP) is 4.33. The van der Waals surface area contributed by atoms with Gasteiger partial charge in [0.1, 0.15) is 0 Å². The zero-order valence-corrected chi connectivity index (χ0v) is 14.0. The van der Waals surface area contributed by atoms with E-state index in [4.69, 9.17) is 24.1 Å². The lowest BCUT2D eigenvalue weighted by Crippen LogP contribution is -2.16. The molecule has 0 amide bonds. The molecular weight excluding hydrogens is 291 g/mol. The maximum Gasteiger partial charge on any atom is 0.477 e. The Balaban J connectivity index is 4.86. The molecule has 0 N–H and O–H groups in total. The summed E-state index contributed by atoms with van der Waals surface area (Å²) in [5, 5.41) is 18.0. The SMILES string of the molecule is CCCCOP(=O)(OC(C#N)CCC)OC(C#N)CCC. The molecule has 0 spiro atoms. The van der Waals surface area contributed by atoms with Crippen LogP contribution in [0.2, 0.25) is 0 Å². The first-order chi connectivity index (χ1) is 10.0. The number of unbranched alkanes of at least 4 members (excludes halogenated alkanes) is 1. The molecule has 0 heterocycles. The Morgan fingerprint density at radius 1 is 0.952 bits per heavy atom. The second-order valence-corrected chi connectivity index (χ2v) is 6.23. The van der Waals surface area contributed by atoms with Crippen molar-refractivity contribution in [1.82, 2.24) is 0 Å². The van der Waals surface area contributed by atoms with E-state index in [-0.39, 0.29) is 6.61 Å². The van der Waals surface area contributed by atoms with E-state index in [0.717, 1.165) is 6.42 Å². The highest BCUT2D eigenvalue weighted by atomic mass is 31.2. The fourth-order valence-electron chi connectivity index (χ4n) is 1.52. The molecule has 0 aromatic heterocycles. The molecule has 120 valence electrons. The number of hydrogen-bond donors (Lipinski definition) is 0. The van der Waals surface area contributed by atoms with E-state index in [1.54, 1.807) is 0 Å². The first-order valence-corrected chi connectivity index (χ1v) is 8.91. The van der Waals surface area contributed by atoms with Gasteiger partial charge in [0.15, 0.2) is 12.2 Å². The van der Waals surface area contributed by atoms with E-state index in [1.807, 2.05) is 32.9 Å². The molecule has 0 bridgehead atoms. The molecule has 0 aliphatic rings. The molecule has 0 aromatic carbocycles. The van der Waals surface area contributed by atoms with Crippen molar-refractivity contribution in [3.63, 3.8) is 0 Å². The van der Waals surface area contributed by atoms with Crippen molar-refractivity contribution in [3.05, 3.63) is 0 Å². The first kappa shape index (κ1) is 20.1. The summed E-state index contributed by atoms with van der Waals surface area (Å²) in [7, 11) is -3.90. The molecule has 2 unspecified atom stereocenters. The largest absolute Gasteiger partial charge is 0.477 e. The zero-order chi connectivity index (χ0) is 16.1. The maximum absolute atomic E-state index is 12.6. The van der Waals surface area contributed by atoms with Crippen molar-refractivity contribution in [2.75, 3.05) is 6.61 Å². The predicted molar refractivity (Wildman–Crippen MR) is 79.3 cm³/mol. The number of rotatable bonds is 12. The van der Waals surface area contributed by atoms with Crippen molar-refractivity contribution in [2.45, 2.75) is 71.5 Å². The quantitative estimate of drug-likeness (QED) is 0.393. The van der Waals surface area contributed by atoms with Crippen LogP contribution >= 0.6 is 7.82 Å². The Hall–Kier alpha value is -0.910. The summed E-state index contributed by atoms with van der Waals surface area (Å²) >= 11 is 0. The Bertz CT molecular complexity index is 373. The van der Waals surface area contributed by atoms with Crippen LogP contribution in [0.15, 0.2) is 0 Å². The second kappa shape index (κ2) is 11.7. The highest BCUT2D eigenvalue weighted by Crippen LogP contribution is 2.52. The van der Waals surface area contributed by atoms with Gasteiger partial charge in [-0.15, -0.1) is 0 Å². The third kappa shape index (κ3) is 8.86. The van der Waals surface area contributed by atoms with Gasteiger partial charge in [0.05, 0.1) is 18.7 Å². The van der Waals surface area contributed by atoms with Crippen LogP contribution in [0.25, 0.3) is 0 Å². The Morgan fingerprint density at radius 2 is 1.43 bits per heavy atom. The van der Waals surface area contributed by atoms with Gasteiger partial charge in [-0.1, -0.05) is 40.0 Å². The van der Waals surface area contributed by atoms with E-state index >= 15 is 0 Å². The van der Waals surface area contributed by atoms with Crippen LogP contribution < -0.4 is 0 Å². The van der Waals surface area contributed by atoms with E-state index < -0.39 is 20.0 Å². The Kier molecular flexibility index (Phi) is 11.2. The molecule has 6 nitrogen and oxygen atoms in total. The van der Waals surface area contributed by atoms with E-state index in [9.17, 15) is 4.57 Å². The van der Waals surface area contributed by atoms with Crippen molar-refractivity contribution in [1.29, 1.82) is 10.5 Å². The topological polar surface area (TPSA) is 92.3 Å². The molecule has 0 radical (unpaired) electrons. The van der Waals surface area contributed by atoms with Gasteiger partial charge in [0.25, 0.3) is 0 Å². The van der Waals surface area contributed by atoms with Gasteiger partial charge >= 0.3 is 7.82 Å². The van der Waals surface area contributed by atoms with Crippen molar-refractivity contribution < 1.29 is 18.1 Å².